The zero-order chi connectivity index (χ0) is 14.0. The van der Waals surface area contributed by atoms with Crippen LogP contribution < -0.4 is 0 Å². The number of pyridine rings is 1. The molecular weight excluding hydrogens is 268 g/mol. The van der Waals surface area contributed by atoms with Crippen molar-refractivity contribution < 1.29 is 19.5 Å². The lowest BCUT2D eigenvalue weighted by Crippen LogP contribution is -2.30. The van der Waals surface area contributed by atoms with Crippen LogP contribution in [0.2, 0.25) is 0 Å². The summed E-state index contributed by atoms with van der Waals surface area (Å²) in [5, 5.41) is 8.72. The number of hydrogen-bond acceptors (Lipinski definition) is 5. The summed E-state index contributed by atoms with van der Waals surface area (Å²) in [4.78, 5) is 39.7. The highest BCUT2D eigenvalue weighted by Crippen LogP contribution is 2.31. The van der Waals surface area contributed by atoms with Crippen molar-refractivity contribution in [3.05, 3.63) is 23.9 Å². The quantitative estimate of drug-likeness (QED) is 0.828. The molecule has 1 atom stereocenters. The average Bonchev–Trinajstić information content (AvgIpc) is 2.64. The zero-order valence-electron chi connectivity index (χ0n) is 10.2. The van der Waals surface area contributed by atoms with Crippen LogP contribution in [0, 0.1) is 0 Å². The van der Waals surface area contributed by atoms with Gasteiger partial charge in [0, 0.05) is 19.2 Å². The number of carbonyl (C=O) groups excluding carboxylic acids is 2. The topological polar surface area (TPSA) is 87.6 Å². The van der Waals surface area contributed by atoms with E-state index in [1.54, 1.807) is 6.92 Å². The molecule has 0 aliphatic carbocycles. The highest BCUT2D eigenvalue weighted by molar-refractivity contribution is 8.00. The number of imide groups is 1. The summed E-state index contributed by atoms with van der Waals surface area (Å²) in [6.07, 6.45) is 1.56. The molecule has 0 radical (unpaired) electrons. The Morgan fingerprint density at radius 2 is 2.32 bits per heavy atom. The van der Waals surface area contributed by atoms with E-state index in [0.717, 1.165) is 11.8 Å². The van der Waals surface area contributed by atoms with Crippen molar-refractivity contribution in [3.8, 4) is 0 Å². The first-order chi connectivity index (χ1) is 9.04. The minimum Gasteiger partial charge on any atom is -0.478 e. The van der Waals surface area contributed by atoms with Crippen LogP contribution in [-0.4, -0.2) is 44.6 Å². The lowest BCUT2D eigenvalue weighted by atomic mass is 10.3. The molecule has 0 aromatic carbocycles. The Morgan fingerprint density at radius 3 is 2.89 bits per heavy atom. The maximum atomic E-state index is 11.9. The average molecular weight is 280 g/mol. The zero-order valence-corrected chi connectivity index (χ0v) is 11.0. The summed E-state index contributed by atoms with van der Waals surface area (Å²) in [6.45, 7) is 2.06. The van der Waals surface area contributed by atoms with E-state index in [1.807, 2.05) is 0 Å². The number of amides is 2. The van der Waals surface area contributed by atoms with Gasteiger partial charge in [-0.1, -0.05) is 11.8 Å². The Morgan fingerprint density at radius 1 is 1.58 bits per heavy atom. The second-order valence-corrected chi connectivity index (χ2v) is 5.14. The van der Waals surface area contributed by atoms with Crippen molar-refractivity contribution in [1.29, 1.82) is 0 Å². The summed E-state index contributed by atoms with van der Waals surface area (Å²) in [7, 11) is 0. The Kier molecular flexibility index (Phi) is 3.84. The molecule has 1 saturated heterocycles. The van der Waals surface area contributed by atoms with E-state index in [1.165, 1.54) is 23.2 Å². The number of aromatic nitrogens is 1. The number of carboxylic acids is 1. The van der Waals surface area contributed by atoms with Gasteiger partial charge in [-0.2, -0.15) is 0 Å². The fourth-order valence-electron chi connectivity index (χ4n) is 1.86. The van der Waals surface area contributed by atoms with Gasteiger partial charge in [0.1, 0.15) is 5.03 Å². The molecule has 7 heteroatoms. The first-order valence-corrected chi connectivity index (χ1v) is 6.61. The number of aromatic carboxylic acids is 1. The highest BCUT2D eigenvalue weighted by atomic mass is 32.2. The smallest absolute Gasteiger partial charge is 0.338 e. The molecule has 1 aliphatic rings. The molecule has 0 spiro atoms. The monoisotopic (exact) mass is 280 g/mol. The number of carbonyl (C=O) groups is 3. The third-order valence-corrected chi connectivity index (χ3v) is 3.98. The van der Waals surface area contributed by atoms with Crippen LogP contribution in [0.1, 0.15) is 23.7 Å². The van der Waals surface area contributed by atoms with Crippen LogP contribution in [0.25, 0.3) is 0 Å². The van der Waals surface area contributed by atoms with Crippen molar-refractivity contribution in [1.82, 2.24) is 9.88 Å². The predicted molar refractivity (Wildman–Crippen MR) is 67.9 cm³/mol. The van der Waals surface area contributed by atoms with Gasteiger partial charge in [0.15, 0.2) is 0 Å². The van der Waals surface area contributed by atoms with Gasteiger partial charge in [-0.15, -0.1) is 0 Å². The fourth-order valence-corrected chi connectivity index (χ4v) is 2.99. The van der Waals surface area contributed by atoms with Gasteiger partial charge < -0.3 is 5.11 Å². The lowest BCUT2D eigenvalue weighted by Gasteiger charge is -2.11. The second-order valence-electron chi connectivity index (χ2n) is 3.95. The molecule has 0 saturated carbocycles. The van der Waals surface area contributed by atoms with E-state index < -0.39 is 11.2 Å². The van der Waals surface area contributed by atoms with Crippen molar-refractivity contribution in [2.75, 3.05) is 6.54 Å². The summed E-state index contributed by atoms with van der Waals surface area (Å²) in [5.74, 6) is -1.60. The molecule has 1 aromatic rings. The van der Waals surface area contributed by atoms with Gasteiger partial charge in [0.25, 0.3) is 0 Å². The summed E-state index contributed by atoms with van der Waals surface area (Å²) in [5.41, 5.74) is 0.0442. The van der Waals surface area contributed by atoms with E-state index in [-0.39, 0.29) is 28.8 Å². The van der Waals surface area contributed by atoms with E-state index >= 15 is 0 Å². The number of rotatable bonds is 4. The van der Waals surface area contributed by atoms with Crippen molar-refractivity contribution in [2.45, 2.75) is 23.6 Å². The van der Waals surface area contributed by atoms with Gasteiger partial charge in [0.2, 0.25) is 11.8 Å². The summed E-state index contributed by atoms with van der Waals surface area (Å²) < 4.78 is 0. The van der Waals surface area contributed by atoms with Crippen LogP contribution in [-0.2, 0) is 9.59 Å². The molecule has 100 valence electrons. The van der Waals surface area contributed by atoms with E-state index in [9.17, 15) is 14.4 Å². The number of nitrogens with zero attached hydrogens (tertiary/aromatic N) is 2. The van der Waals surface area contributed by atoms with Crippen LogP contribution >= 0.6 is 11.8 Å². The highest BCUT2D eigenvalue weighted by Gasteiger charge is 2.38. The maximum absolute atomic E-state index is 11.9. The lowest BCUT2D eigenvalue weighted by molar-refractivity contribution is -0.137. The molecule has 1 fully saturated rings. The number of carboxylic acid groups (broad SMARTS) is 1. The normalized spacial score (nSPS) is 19.0. The molecule has 2 amide bonds. The largest absolute Gasteiger partial charge is 0.478 e. The second kappa shape index (κ2) is 5.40. The minimum atomic E-state index is -1.10. The summed E-state index contributed by atoms with van der Waals surface area (Å²) >= 11 is 1.03. The van der Waals surface area contributed by atoms with Crippen LogP contribution in [0.3, 0.4) is 0 Å². The Balaban J connectivity index is 2.21. The SMILES string of the molecule is CCN1C(=O)C[C@@H](Sc2ncccc2C(=O)O)C1=O. The molecule has 1 aliphatic heterocycles. The van der Waals surface area contributed by atoms with Gasteiger partial charge in [-0.3, -0.25) is 14.5 Å². The molecule has 6 nitrogen and oxygen atoms in total. The predicted octanol–water partition coefficient (Wildman–Crippen LogP) is 1.02. The van der Waals surface area contributed by atoms with Gasteiger partial charge in [-0.25, -0.2) is 9.78 Å². The summed E-state index contributed by atoms with van der Waals surface area (Å²) in [6, 6.07) is 2.95. The van der Waals surface area contributed by atoms with Crippen LogP contribution in [0.4, 0.5) is 0 Å². The van der Waals surface area contributed by atoms with Crippen LogP contribution in [0.15, 0.2) is 23.4 Å². The molecule has 0 bridgehead atoms. The number of hydrogen-bond donors (Lipinski definition) is 1. The van der Waals surface area contributed by atoms with Crippen molar-refractivity contribution >= 4 is 29.5 Å². The molecule has 1 N–H and O–H groups in total. The first-order valence-electron chi connectivity index (χ1n) is 5.73. The maximum Gasteiger partial charge on any atom is 0.338 e. The van der Waals surface area contributed by atoms with Crippen LogP contribution in [0.5, 0.6) is 0 Å². The molecule has 19 heavy (non-hydrogen) atoms. The van der Waals surface area contributed by atoms with E-state index in [0.29, 0.717) is 6.54 Å². The van der Waals surface area contributed by atoms with Gasteiger partial charge in [0.05, 0.1) is 10.8 Å². The molecule has 2 heterocycles. The minimum absolute atomic E-state index is 0.0442. The van der Waals surface area contributed by atoms with Crippen molar-refractivity contribution in [3.63, 3.8) is 0 Å². The number of likely N-dealkylation sites (tertiary alicyclic amines) is 1. The first kappa shape index (κ1) is 13.5. The molecule has 0 unspecified atom stereocenters. The Bertz CT molecular complexity index is 546. The molecule has 1 aromatic heterocycles. The van der Waals surface area contributed by atoms with E-state index in [4.69, 9.17) is 5.11 Å². The molecular formula is C12H12N2O4S. The van der Waals surface area contributed by atoms with E-state index in [2.05, 4.69) is 4.98 Å². The third kappa shape index (κ3) is 2.60. The standard InChI is InChI=1S/C12H12N2O4S/c1-2-14-9(15)6-8(11(14)16)19-10-7(12(17)18)4-3-5-13-10/h3-5,8H,2,6H2,1H3,(H,17,18)/t8-/m1/s1. The number of thioether (sulfide) groups is 1. The molecule has 2 rings (SSSR count). The van der Waals surface area contributed by atoms with Crippen molar-refractivity contribution in [2.24, 2.45) is 0 Å². The Labute approximate surface area is 113 Å². The van der Waals surface area contributed by atoms with Gasteiger partial charge >= 0.3 is 5.97 Å². The fraction of sp³-hybridized carbons (Fsp3) is 0.333. The van der Waals surface area contributed by atoms with Gasteiger partial charge in [-0.05, 0) is 19.1 Å². The third-order valence-electron chi connectivity index (χ3n) is 2.77. The Hall–Kier alpha value is -1.89.